The predicted molar refractivity (Wildman–Crippen MR) is 88.9 cm³/mol. The van der Waals surface area contributed by atoms with Gasteiger partial charge in [-0.2, -0.15) is 0 Å². The molecule has 2 aromatic carbocycles. The Balaban J connectivity index is 1.99. The molecule has 0 aromatic heterocycles. The molecule has 0 saturated carbocycles. The van der Waals surface area contributed by atoms with Crippen LogP contribution < -0.4 is 0 Å². The number of benzene rings is 2. The van der Waals surface area contributed by atoms with E-state index in [0.717, 1.165) is 18.5 Å². The maximum Gasteiger partial charge on any atom is 0.337 e. The average Bonchev–Trinajstić information content (AvgIpc) is 2.55. The smallest absolute Gasteiger partial charge is 0.337 e. The van der Waals surface area contributed by atoms with Crippen molar-refractivity contribution in [3.05, 3.63) is 71.3 Å². The molecule has 0 saturated heterocycles. The first kappa shape index (κ1) is 16.2. The van der Waals surface area contributed by atoms with E-state index in [1.807, 2.05) is 18.2 Å². The number of carbonyl (C=O) groups is 1. The van der Waals surface area contributed by atoms with Crippen molar-refractivity contribution in [1.82, 2.24) is 4.90 Å². The van der Waals surface area contributed by atoms with Gasteiger partial charge in [0.2, 0.25) is 0 Å². The number of ether oxygens (including phenoxy) is 1. The Bertz CT molecular complexity index is 610. The van der Waals surface area contributed by atoms with Crippen LogP contribution in [0.2, 0.25) is 0 Å². The van der Waals surface area contributed by atoms with Crippen molar-refractivity contribution in [2.75, 3.05) is 14.2 Å². The molecule has 0 radical (unpaired) electrons. The minimum absolute atomic E-state index is 0.285. The summed E-state index contributed by atoms with van der Waals surface area (Å²) in [6.45, 7) is 3.12. The first-order valence-electron chi connectivity index (χ1n) is 7.51. The Labute approximate surface area is 132 Å². The number of methoxy groups -OCH3 is 1. The molecular formula is C19H23NO2. The lowest BCUT2D eigenvalue weighted by Crippen LogP contribution is -2.30. The quantitative estimate of drug-likeness (QED) is 0.764. The van der Waals surface area contributed by atoms with Crippen molar-refractivity contribution in [2.45, 2.75) is 25.9 Å². The maximum atomic E-state index is 11.6. The number of esters is 1. The van der Waals surface area contributed by atoms with Gasteiger partial charge in [0.05, 0.1) is 12.7 Å². The highest BCUT2D eigenvalue weighted by Gasteiger charge is 2.12. The van der Waals surface area contributed by atoms with Crippen LogP contribution in [0.25, 0.3) is 0 Å². The molecule has 0 aliphatic rings. The number of rotatable bonds is 6. The van der Waals surface area contributed by atoms with E-state index in [2.05, 4.69) is 49.2 Å². The van der Waals surface area contributed by atoms with Crippen LogP contribution in [0.1, 0.15) is 28.4 Å². The van der Waals surface area contributed by atoms with Gasteiger partial charge in [-0.05, 0) is 43.7 Å². The fourth-order valence-corrected chi connectivity index (χ4v) is 2.47. The number of hydrogen-bond acceptors (Lipinski definition) is 3. The summed E-state index contributed by atoms with van der Waals surface area (Å²) in [6.07, 6.45) is 0.897. The highest BCUT2D eigenvalue weighted by Crippen LogP contribution is 2.13. The molecule has 0 unspecified atom stereocenters. The molecule has 0 aliphatic carbocycles. The zero-order valence-electron chi connectivity index (χ0n) is 13.5. The second-order valence-electron chi connectivity index (χ2n) is 5.65. The Kier molecular flexibility index (Phi) is 5.73. The summed E-state index contributed by atoms with van der Waals surface area (Å²) in [5, 5.41) is 0. The van der Waals surface area contributed by atoms with Crippen LogP contribution >= 0.6 is 0 Å². The molecule has 0 N–H and O–H groups in total. The third-order valence-electron chi connectivity index (χ3n) is 3.91. The first-order valence-corrected chi connectivity index (χ1v) is 7.51. The van der Waals surface area contributed by atoms with Gasteiger partial charge in [0.15, 0.2) is 0 Å². The molecule has 3 heteroatoms. The van der Waals surface area contributed by atoms with Crippen molar-refractivity contribution < 1.29 is 9.53 Å². The van der Waals surface area contributed by atoms with Crippen molar-refractivity contribution in [1.29, 1.82) is 0 Å². The van der Waals surface area contributed by atoms with Crippen LogP contribution in [-0.2, 0) is 17.7 Å². The van der Waals surface area contributed by atoms with Crippen LogP contribution in [0.3, 0.4) is 0 Å². The molecule has 2 rings (SSSR count). The molecule has 0 spiro atoms. The van der Waals surface area contributed by atoms with E-state index >= 15 is 0 Å². The normalized spacial score (nSPS) is 12.2. The van der Waals surface area contributed by atoms with Gasteiger partial charge < -0.3 is 4.74 Å². The summed E-state index contributed by atoms with van der Waals surface area (Å²) in [5.41, 5.74) is 3.06. The largest absolute Gasteiger partial charge is 0.465 e. The average molecular weight is 297 g/mol. The summed E-state index contributed by atoms with van der Waals surface area (Å²) in [6, 6.07) is 18.5. The number of likely N-dealkylation sites (N-methyl/N-ethyl adjacent to an activating group) is 1. The zero-order valence-corrected chi connectivity index (χ0v) is 13.5. The summed E-state index contributed by atoms with van der Waals surface area (Å²) < 4.78 is 4.77. The number of carbonyl (C=O) groups excluding carboxylic acids is 1. The summed E-state index contributed by atoms with van der Waals surface area (Å²) in [5.74, 6) is -0.285. The zero-order chi connectivity index (χ0) is 15.9. The molecule has 2 aromatic rings. The number of hydrogen-bond donors (Lipinski definition) is 0. The molecule has 0 aliphatic heterocycles. The van der Waals surface area contributed by atoms with E-state index in [-0.39, 0.29) is 5.97 Å². The second-order valence-corrected chi connectivity index (χ2v) is 5.65. The summed E-state index contributed by atoms with van der Waals surface area (Å²) in [4.78, 5) is 13.9. The highest BCUT2D eigenvalue weighted by molar-refractivity contribution is 5.89. The minimum Gasteiger partial charge on any atom is -0.465 e. The number of nitrogens with zero attached hydrogens (tertiary/aromatic N) is 1. The van der Waals surface area contributed by atoms with Crippen molar-refractivity contribution in [2.24, 2.45) is 0 Å². The Morgan fingerprint density at radius 1 is 1.09 bits per heavy atom. The Hall–Kier alpha value is -2.13. The first-order chi connectivity index (χ1) is 10.6. The van der Waals surface area contributed by atoms with Crippen molar-refractivity contribution in [3.8, 4) is 0 Å². The monoisotopic (exact) mass is 297 g/mol. The maximum absolute atomic E-state index is 11.6. The molecule has 22 heavy (non-hydrogen) atoms. The molecule has 1 atom stereocenters. The van der Waals surface area contributed by atoms with Crippen molar-refractivity contribution in [3.63, 3.8) is 0 Å². The summed E-state index contributed by atoms with van der Waals surface area (Å²) >= 11 is 0. The van der Waals surface area contributed by atoms with Gasteiger partial charge in [-0.25, -0.2) is 4.79 Å². The van der Waals surface area contributed by atoms with Gasteiger partial charge >= 0.3 is 5.97 Å². The van der Waals surface area contributed by atoms with E-state index in [1.54, 1.807) is 6.07 Å². The minimum atomic E-state index is -0.285. The summed E-state index contributed by atoms with van der Waals surface area (Å²) in [7, 11) is 3.53. The molecule has 3 nitrogen and oxygen atoms in total. The van der Waals surface area contributed by atoms with Crippen LogP contribution in [0.5, 0.6) is 0 Å². The standard InChI is InChI=1S/C19H23NO2/c1-15(20(2)14-16-8-5-4-6-9-16)12-17-10-7-11-18(13-17)19(21)22-3/h4-11,13,15H,12,14H2,1-3H3/t15-/m1/s1. The Morgan fingerprint density at radius 3 is 2.45 bits per heavy atom. The van der Waals surface area contributed by atoms with Crippen LogP contribution in [0.4, 0.5) is 0 Å². The third kappa shape index (κ3) is 4.43. The van der Waals surface area contributed by atoms with Crippen LogP contribution in [0.15, 0.2) is 54.6 Å². The van der Waals surface area contributed by atoms with Crippen LogP contribution in [-0.4, -0.2) is 31.1 Å². The van der Waals surface area contributed by atoms with Crippen molar-refractivity contribution >= 4 is 5.97 Å². The molecule has 0 amide bonds. The predicted octanol–water partition coefficient (Wildman–Crippen LogP) is 3.54. The van der Waals surface area contributed by atoms with E-state index in [4.69, 9.17) is 4.74 Å². The van der Waals surface area contributed by atoms with Crippen LogP contribution in [0, 0.1) is 0 Å². The topological polar surface area (TPSA) is 29.5 Å². The molecule has 0 heterocycles. The lowest BCUT2D eigenvalue weighted by Gasteiger charge is -2.25. The van der Waals surface area contributed by atoms with Gasteiger partial charge in [-0.15, -0.1) is 0 Å². The molecule has 0 fully saturated rings. The molecule has 0 bridgehead atoms. The Morgan fingerprint density at radius 2 is 1.77 bits per heavy atom. The van der Waals surface area contributed by atoms with Gasteiger partial charge in [-0.1, -0.05) is 42.5 Å². The lowest BCUT2D eigenvalue weighted by atomic mass is 10.0. The lowest BCUT2D eigenvalue weighted by molar-refractivity contribution is 0.0600. The van der Waals surface area contributed by atoms with Gasteiger partial charge in [-0.3, -0.25) is 4.90 Å². The van der Waals surface area contributed by atoms with E-state index in [1.165, 1.54) is 12.7 Å². The third-order valence-corrected chi connectivity index (χ3v) is 3.91. The van der Waals surface area contributed by atoms with E-state index in [9.17, 15) is 4.79 Å². The molecular weight excluding hydrogens is 274 g/mol. The van der Waals surface area contributed by atoms with Gasteiger partial charge in [0.1, 0.15) is 0 Å². The fraction of sp³-hybridized carbons (Fsp3) is 0.316. The molecule has 116 valence electrons. The van der Waals surface area contributed by atoms with Gasteiger partial charge in [0.25, 0.3) is 0 Å². The van der Waals surface area contributed by atoms with Gasteiger partial charge in [0, 0.05) is 12.6 Å². The fourth-order valence-electron chi connectivity index (χ4n) is 2.47. The van der Waals surface area contributed by atoms with E-state index < -0.39 is 0 Å². The second kappa shape index (κ2) is 7.76. The SMILES string of the molecule is COC(=O)c1cccc(C[C@@H](C)N(C)Cc2ccccc2)c1. The highest BCUT2D eigenvalue weighted by atomic mass is 16.5. The van der Waals surface area contributed by atoms with E-state index in [0.29, 0.717) is 11.6 Å².